The molecule has 0 aliphatic rings. The van der Waals surface area contributed by atoms with Crippen LogP contribution in [-0.2, 0) is 4.79 Å². The fourth-order valence-electron chi connectivity index (χ4n) is 0.467. The molecule has 0 saturated heterocycles. The predicted octanol–water partition coefficient (Wildman–Crippen LogP) is 1.65. The molecule has 0 spiro atoms. The van der Waals surface area contributed by atoms with Gasteiger partial charge in [0, 0.05) is 12.4 Å². The quantitative estimate of drug-likeness (QED) is 0.410. The zero-order valence-corrected chi connectivity index (χ0v) is 7.79. The fourth-order valence-corrected chi connectivity index (χ4v) is 0.959. The summed E-state index contributed by atoms with van der Waals surface area (Å²) in [5.74, 6) is -0.650. The maximum Gasteiger partial charge on any atom is 0.323 e. The Labute approximate surface area is 79.2 Å². The fraction of sp³-hybridized carbons (Fsp3) is 0.600. The molecule has 0 N–H and O–H groups in total. The minimum atomic E-state index is -0.851. The number of rotatable bonds is 3. The summed E-state index contributed by atoms with van der Waals surface area (Å²) < 4.78 is 0. The van der Waals surface area contributed by atoms with E-state index < -0.39 is 11.3 Å². The predicted molar refractivity (Wildman–Crippen MR) is 44.4 cm³/mol. The van der Waals surface area contributed by atoms with Crippen molar-refractivity contribution in [3.05, 3.63) is 0 Å². The summed E-state index contributed by atoms with van der Waals surface area (Å²) in [7, 11) is 0. The summed E-state index contributed by atoms with van der Waals surface area (Å²) in [4.78, 5) is 22.1. The van der Waals surface area contributed by atoms with E-state index in [4.69, 9.17) is 34.8 Å². The minimum absolute atomic E-state index is 0.0927. The first kappa shape index (κ1) is 11.0. The molecule has 6 heteroatoms. The molecule has 0 aromatic carbocycles. The van der Waals surface area contributed by atoms with Gasteiger partial charge in [0.25, 0.3) is 0 Å². The lowest BCUT2D eigenvalue weighted by Crippen LogP contribution is -2.35. The molecule has 64 valence electrons. The minimum Gasteiger partial charge on any atom is -0.273 e. The van der Waals surface area contributed by atoms with Crippen molar-refractivity contribution in [1.29, 1.82) is 0 Å². The average molecular weight is 218 g/mol. The molecule has 0 aromatic heterocycles. The number of hydrogen-bond acceptors (Lipinski definition) is 2. The Morgan fingerprint density at radius 1 is 1.27 bits per heavy atom. The van der Waals surface area contributed by atoms with Gasteiger partial charge in [-0.1, -0.05) is 0 Å². The Morgan fingerprint density at radius 2 is 1.82 bits per heavy atom. The smallest absolute Gasteiger partial charge is 0.273 e. The van der Waals surface area contributed by atoms with E-state index in [1.807, 2.05) is 0 Å². The molecule has 0 fully saturated rings. The first-order valence-electron chi connectivity index (χ1n) is 2.75. The molecule has 2 amide bonds. The Kier molecular flexibility index (Phi) is 5.64. The Balaban J connectivity index is 4.09. The van der Waals surface area contributed by atoms with Crippen LogP contribution in [0.5, 0.6) is 0 Å². The number of alkyl halides is 2. The normalized spacial score (nSPS) is 9.36. The second-order valence-corrected chi connectivity index (χ2v) is 2.59. The van der Waals surface area contributed by atoms with Gasteiger partial charge in [0.05, 0.1) is 0 Å². The van der Waals surface area contributed by atoms with Gasteiger partial charge >= 0.3 is 5.37 Å². The van der Waals surface area contributed by atoms with Crippen LogP contribution >= 0.6 is 34.8 Å². The third kappa shape index (κ3) is 3.79. The van der Waals surface area contributed by atoms with Gasteiger partial charge in [-0.05, 0) is 11.6 Å². The van der Waals surface area contributed by atoms with E-state index in [-0.39, 0.29) is 18.3 Å². The summed E-state index contributed by atoms with van der Waals surface area (Å²) in [6, 6.07) is 0. The molecule has 0 bridgehead atoms. The van der Waals surface area contributed by atoms with Crippen LogP contribution in [0.15, 0.2) is 0 Å². The van der Waals surface area contributed by atoms with Gasteiger partial charge in [0.1, 0.15) is 5.88 Å². The zero-order valence-electron chi connectivity index (χ0n) is 5.52. The van der Waals surface area contributed by atoms with Gasteiger partial charge in [0.2, 0.25) is 5.91 Å². The number of carbonyl (C=O) groups excluding carboxylic acids is 2. The van der Waals surface area contributed by atoms with Gasteiger partial charge in [-0.15, -0.1) is 23.2 Å². The van der Waals surface area contributed by atoms with Crippen molar-refractivity contribution in [3.8, 4) is 0 Å². The summed E-state index contributed by atoms with van der Waals surface area (Å²) in [6.45, 7) is 0.0927. The molecular weight excluding hydrogens is 212 g/mol. The van der Waals surface area contributed by atoms with Crippen LogP contribution in [-0.4, -0.2) is 34.5 Å². The topological polar surface area (TPSA) is 37.4 Å². The molecular formula is C5H6Cl3NO2. The van der Waals surface area contributed by atoms with Crippen molar-refractivity contribution >= 4 is 46.1 Å². The highest BCUT2D eigenvalue weighted by Gasteiger charge is 2.17. The van der Waals surface area contributed by atoms with Gasteiger partial charge in [-0.3, -0.25) is 14.5 Å². The third-order valence-corrected chi connectivity index (χ3v) is 1.54. The highest BCUT2D eigenvalue weighted by Crippen LogP contribution is 1.99. The van der Waals surface area contributed by atoms with Crippen molar-refractivity contribution in [3.63, 3.8) is 0 Å². The van der Waals surface area contributed by atoms with Gasteiger partial charge < -0.3 is 0 Å². The van der Waals surface area contributed by atoms with Crippen LogP contribution in [0, 0.1) is 0 Å². The van der Waals surface area contributed by atoms with E-state index in [0.717, 1.165) is 4.90 Å². The molecule has 3 nitrogen and oxygen atoms in total. The lowest BCUT2D eigenvalue weighted by atomic mass is 10.5. The Bertz CT molecular complexity index is 162. The number of amides is 2. The second-order valence-electron chi connectivity index (χ2n) is 1.62. The third-order valence-electron chi connectivity index (χ3n) is 0.936. The molecule has 0 atom stereocenters. The van der Waals surface area contributed by atoms with E-state index in [9.17, 15) is 9.59 Å². The lowest BCUT2D eigenvalue weighted by Gasteiger charge is -2.13. The van der Waals surface area contributed by atoms with Crippen LogP contribution in [0.2, 0.25) is 0 Å². The Hall–Kier alpha value is 0.01000. The number of carbonyl (C=O) groups is 2. The van der Waals surface area contributed by atoms with E-state index >= 15 is 0 Å². The van der Waals surface area contributed by atoms with Gasteiger partial charge in [-0.2, -0.15) is 0 Å². The van der Waals surface area contributed by atoms with Crippen molar-refractivity contribution in [2.75, 3.05) is 18.3 Å². The molecule has 0 aromatic rings. The van der Waals surface area contributed by atoms with Crippen molar-refractivity contribution < 1.29 is 9.59 Å². The first-order valence-corrected chi connectivity index (χ1v) is 4.20. The number of imide groups is 1. The molecule has 0 heterocycles. The van der Waals surface area contributed by atoms with Crippen molar-refractivity contribution in [2.45, 2.75) is 0 Å². The average Bonchev–Trinajstić information content (AvgIpc) is 1.98. The lowest BCUT2D eigenvalue weighted by molar-refractivity contribution is -0.125. The first-order chi connectivity index (χ1) is 5.13. The largest absolute Gasteiger partial charge is 0.323 e. The van der Waals surface area contributed by atoms with Crippen LogP contribution in [0.3, 0.4) is 0 Å². The Morgan fingerprint density at radius 3 is 2.09 bits per heavy atom. The summed E-state index contributed by atoms with van der Waals surface area (Å²) in [5.41, 5.74) is 0. The standard InChI is InChI=1S/C5H6Cl3NO2/c6-1-2-9(5(8)11)4(10)3-7/h1-3H2. The van der Waals surface area contributed by atoms with Crippen LogP contribution in [0.4, 0.5) is 4.79 Å². The molecule has 0 saturated carbocycles. The van der Waals surface area contributed by atoms with E-state index in [2.05, 4.69) is 0 Å². The van der Waals surface area contributed by atoms with Crippen LogP contribution < -0.4 is 0 Å². The molecule has 0 unspecified atom stereocenters. The molecule has 0 radical (unpaired) electrons. The number of hydrogen-bond donors (Lipinski definition) is 0. The second kappa shape index (κ2) is 5.63. The monoisotopic (exact) mass is 217 g/mol. The highest BCUT2D eigenvalue weighted by atomic mass is 35.5. The van der Waals surface area contributed by atoms with Crippen LogP contribution in [0.25, 0.3) is 0 Å². The zero-order chi connectivity index (χ0) is 8.85. The van der Waals surface area contributed by atoms with Crippen LogP contribution in [0.1, 0.15) is 0 Å². The maximum absolute atomic E-state index is 10.8. The summed E-state index contributed by atoms with van der Waals surface area (Å²) in [5, 5.41) is -0.851. The summed E-state index contributed by atoms with van der Waals surface area (Å²) in [6.07, 6.45) is 0. The van der Waals surface area contributed by atoms with Crippen molar-refractivity contribution in [1.82, 2.24) is 4.90 Å². The van der Waals surface area contributed by atoms with E-state index in [0.29, 0.717) is 0 Å². The van der Waals surface area contributed by atoms with Crippen molar-refractivity contribution in [2.24, 2.45) is 0 Å². The number of halogens is 3. The molecule has 0 rings (SSSR count). The summed E-state index contributed by atoms with van der Waals surface area (Å²) >= 11 is 15.5. The molecule has 11 heavy (non-hydrogen) atoms. The SMILES string of the molecule is O=C(Cl)N(CCCl)C(=O)CCl. The number of nitrogens with zero attached hydrogens (tertiary/aromatic N) is 1. The van der Waals surface area contributed by atoms with E-state index in [1.54, 1.807) is 0 Å². The maximum atomic E-state index is 10.8. The highest BCUT2D eigenvalue weighted by molar-refractivity contribution is 6.64. The van der Waals surface area contributed by atoms with Gasteiger partial charge in [0.15, 0.2) is 0 Å². The van der Waals surface area contributed by atoms with Gasteiger partial charge in [-0.25, -0.2) is 0 Å². The molecule has 0 aliphatic carbocycles. The molecule has 0 aliphatic heterocycles. The van der Waals surface area contributed by atoms with E-state index in [1.165, 1.54) is 0 Å².